The van der Waals surface area contributed by atoms with Crippen LogP contribution in [0.25, 0.3) is 0 Å². The molecule has 1 aromatic carbocycles. The second-order valence-electron chi connectivity index (χ2n) is 6.18. The average molecular weight is 301 g/mol. The fourth-order valence-corrected chi connectivity index (χ4v) is 4.15. The Balaban J connectivity index is 2.31. The van der Waals surface area contributed by atoms with E-state index >= 15 is 0 Å². The van der Waals surface area contributed by atoms with Gasteiger partial charge in [0.2, 0.25) is 0 Å². The Morgan fingerprint density at radius 2 is 1.52 bits per heavy atom. The van der Waals surface area contributed by atoms with Crippen molar-refractivity contribution in [1.82, 2.24) is 0 Å². The van der Waals surface area contributed by atoms with Gasteiger partial charge in [-0.2, -0.15) is 0 Å². The summed E-state index contributed by atoms with van der Waals surface area (Å²) >= 11 is 0. The lowest BCUT2D eigenvalue weighted by Gasteiger charge is -2.43. The van der Waals surface area contributed by atoms with Crippen LogP contribution in [0.2, 0.25) is 0 Å². The van der Waals surface area contributed by atoms with Crippen molar-refractivity contribution in [2.24, 2.45) is 0 Å². The van der Waals surface area contributed by atoms with Crippen LogP contribution < -0.4 is 4.90 Å². The Kier molecular flexibility index (Phi) is 3.73. The number of hydrogen-bond acceptors (Lipinski definition) is 1. The third-order valence-corrected chi connectivity index (χ3v) is 5.22. The normalized spacial score (nSPS) is 18.9. The van der Waals surface area contributed by atoms with Gasteiger partial charge in [-0.1, -0.05) is 62.7 Å². The number of nitrogens with zero attached hydrogens (tertiary/aromatic N) is 1. The Bertz CT molecular complexity index is 753. The van der Waals surface area contributed by atoms with Gasteiger partial charge in [0, 0.05) is 23.8 Å². The number of para-hydroxylation sites is 1. The zero-order chi connectivity index (χ0) is 16.6. The molecule has 1 spiro atoms. The molecule has 0 N–H and O–H groups in total. The largest absolute Gasteiger partial charge is 0.344 e. The van der Waals surface area contributed by atoms with Gasteiger partial charge in [-0.25, -0.2) is 0 Å². The fourth-order valence-electron chi connectivity index (χ4n) is 4.15. The number of hydrogen-bond donors (Lipinski definition) is 0. The summed E-state index contributed by atoms with van der Waals surface area (Å²) < 4.78 is 0. The maximum absolute atomic E-state index is 4.11. The number of fused-ring (bicyclic) bond motifs is 2. The molecule has 1 aliphatic heterocycles. The molecule has 1 aromatic rings. The molecule has 1 nitrogen and oxygen atoms in total. The van der Waals surface area contributed by atoms with Crippen molar-refractivity contribution in [1.29, 1.82) is 0 Å². The highest BCUT2D eigenvalue weighted by molar-refractivity contribution is 5.72. The van der Waals surface area contributed by atoms with E-state index in [1.165, 1.54) is 28.0 Å². The summed E-state index contributed by atoms with van der Waals surface area (Å²) in [4.78, 5) is 2.21. The van der Waals surface area contributed by atoms with Gasteiger partial charge >= 0.3 is 0 Å². The first-order valence-electron chi connectivity index (χ1n) is 7.92. The molecule has 0 saturated carbocycles. The van der Waals surface area contributed by atoms with Crippen LogP contribution in [-0.2, 0) is 5.41 Å². The first kappa shape index (κ1) is 15.4. The minimum atomic E-state index is -0.0958. The topological polar surface area (TPSA) is 3.24 Å². The number of likely N-dealkylation sites (N-methyl/N-ethyl adjacent to an activating group) is 1. The number of allylic oxidation sites excluding steroid dienone is 7. The standard InChI is InChI=1S/C22H23N/c1-6-16-14-22(15-17(16)7-2)18(8-3)20(9-4)23(5)21-13-11-10-12-19(21)22/h6-13H,1-4,14-15H2,5H3. The summed E-state index contributed by atoms with van der Waals surface area (Å²) in [7, 11) is 2.09. The molecule has 0 amide bonds. The molecule has 0 saturated heterocycles. The van der Waals surface area contributed by atoms with Crippen molar-refractivity contribution in [2.75, 3.05) is 11.9 Å². The van der Waals surface area contributed by atoms with E-state index in [0.717, 1.165) is 18.5 Å². The summed E-state index contributed by atoms with van der Waals surface area (Å²) in [6.45, 7) is 16.1. The van der Waals surface area contributed by atoms with Gasteiger partial charge in [-0.05, 0) is 47.3 Å². The van der Waals surface area contributed by atoms with E-state index in [4.69, 9.17) is 0 Å². The summed E-state index contributed by atoms with van der Waals surface area (Å²) in [5, 5.41) is 0. The third kappa shape index (κ3) is 2.00. The van der Waals surface area contributed by atoms with E-state index in [2.05, 4.69) is 62.5 Å². The minimum Gasteiger partial charge on any atom is -0.344 e. The first-order valence-corrected chi connectivity index (χ1v) is 7.92. The SMILES string of the molecule is C=CC1=C(C=C)CC2(C1)C(C=C)=C(C=C)N(C)c1ccccc12. The summed E-state index contributed by atoms with van der Waals surface area (Å²) in [6, 6.07) is 8.63. The molecule has 0 fully saturated rings. The highest BCUT2D eigenvalue weighted by atomic mass is 15.1. The van der Waals surface area contributed by atoms with Crippen LogP contribution >= 0.6 is 0 Å². The zero-order valence-electron chi connectivity index (χ0n) is 13.8. The Morgan fingerprint density at radius 3 is 2.04 bits per heavy atom. The predicted molar refractivity (Wildman–Crippen MR) is 101 cm³/mol. The summed E-state index contributed by atoms with van der Waals surface area (Å²) in [5.74, 6) is 0. The first-order chi connectivity index (χ1) is 11.1. The van der Waals surface area contributed by atoms with Crippen LogP contribution in [0.5, 0.6) is 0 Å². The number of benzene rings is 1. The van der Waals surface area contributed by atoms with E-state index in [0.29, 0.717) is 0 Å². The molecule has 0 bridgehead atoms. The molecular weight excluding hydrogens is 278 g/mol. The van der Waals surface area contributed by atoms with E-state index in [-0.39, 0.29) is 5.41 Å². The van der Waals surface area contributed by atoms with Crippen molar-refractivity contribution in [3.05, 3.63) is 103 Å². The smallest absolute Gasteiger partial charge is 0.0450 e. The van der Waals surface area contributed by atoms with Gasteiger partial charge in [0.1, 0.15) is 0 Å². The maximum Gasteiger partial charge on any atom is 0.0450 e. The van der Waals surface area contributed by atoms with Gasteiger partial charge < -0.3 is 4.90 Å². The molecule has 23 heavy (non-hydrogen) atoms. The van der Waals surface area contributed by atoms with E-state index < -0.39 is 0 Å². The van der Waals surface area contributed by atoms with Crippen molar-refractivity contribution < 1.29 is 0 Å². The molecular formula is C22H23N. The maximum atomic E-state index is 4.11. The van der Waals surface area contributed by atoms with Crippen LogP contribution in [0.4, 0.5) is 5.69 Å². The van der Waals surface area contributed by atoms with Crippen LogP contribution in [0.15, 0.2) is 97.3 Å². The van der Waals surface area contributed by atoms with Gasteiger partial charge in [-0.15, -0.1) is 0 Å². The zero-order valence-corrected chi connectivity index (χ0v) is 13.8. The van der Waals surface area contributed by atoms with Gasteiger partial charge in [-0.3, -0.25) is 0 Å². The summed E-state index contributed by atoms with van der Waals surface area (Å²) in [6.07, 6.45) is 9.75. The summed E-state index contributed by atoms with van der Waals surface area (Å²) in [5.41, 5.74) is 7.42. The third-order valence-electron chi connectivity index (χ3n) is 5.22. The van der Waals surface area contributed by atoms with Crippen molar-refractivity contribution in [2.45, 2.75) is 18.3 Å². The van der Waals surface area contributed by atoms with E-state index in [1.54, 1.807) is 0 Å². The molecule has 3 rings (SSSR count). The molecule has 1 aliphatic carbocycles. The van der Waals surface area contributed by atoms with Crippen molar-refractivity contribution in [3.8, 4) is 0 Å². The van der Waals surface area contributed by atoms with Crippen molar-refractivity contribution in [3.63, 3.8) is 0 Å². The lowest BCUT2D eigenvalue weighted by Crippen LogP contribution is -2.36. The quantitative estimate of drug-likeness (QED) is 0.713. The molecule has 0 aromatic heterocycles. The predicted octanol–water partition coefficient (Wildman–Crippen LogP) is 5.46. The second kappa shape index (κ2) is 5.58. The molecule has 0 atom stereocenters. The van der Waals surface area contributed by atoms with Crippen LogP contribution in [0, 0.1) is 0 Å². The monoisotopic (exact) mass is 301 g/mol. The number of rotatable bonds is 4. The number of anilines is 1. The Morgan fingerprint density at radius 1 is 0.913 bits per heavy atom. The highest BCUT2D eigenvalue weighted by Crippen LogP contribution is 2.56. The molecule has 0 radical (unpaired) electrons. The second-order valence-corrected chi connectivity index (χ2v) is 6.18. The van der Waals surface area contributed by atoms with Crippen LogP contribution in [0.1, 0.15) is 18.4 Å². The van der Waals surface area contributed by atoms with Gasteiger partial charge in [0.05, 0.1) is 0 Å². The lowest BCUT2D eigenvalue weighted by atomic mass is 9.67. The highest BCUT2D eigenvalue weighted by Gasteiger charge is 2.46. The molecule has 1 heteroatoms. The molecule has 2 aliphatic rings. The Hall–Kier alpha value is -2.54. The average Bonchev–Trinajstić information content (AvgIpc) is 2.97. The van der Waals surface area contributed by atoms with E-state index in [9.17, 15) is 0 Å². The van der Waals surface area contributed by atoms with Gasteiger partial charge in [0.15, 0.2) is 0 Å². The van der Waals surface area contributed by atoms with Crippen LogP contribution in [0.3, 0.4) is 0 Å². The minimum absolute atomic E-state index is 0.0958. The molecule has 1 heterocycles. The van der Waals surface area contributed by atoms with Crippen LogP contribution in [-0.4, -0.2) is 7.05 Å². The lowest BCUT2D eigenvalue weighted by molar-refractivity contribution is 0.532. The van der Waals surface area contributed by atoms with Gasteiger partial charge in [0.25, 0.3) is 0 Å². The van der Waals surface area contributed by atoms with Crippen molar-refractivity contribution >= 4 is 5.69 Å². The van der Waals surface area contributed by atoms with E-state index in [1.807, 2.05) is 24.3 Å². The molecule has 0 unspecified atom stereocenters. The Labute approximate surface area is 139 Å². The fraction of sp³-hybridized carbons (Fsp3) is 0.182. The molecule has 116 valence electrons.